The van der Waals surface area contributed by atoms with E-state index in [4.69, 9.17) is 17.3 Å². The maximum absolute atomic E-state index is 14.1. The molecule has 2 aromatic rings. The number of pyridine rings is 1. The standard InChI is InChI=1S/C18H16ClF2N3O3/c1-8(10-3-2-9(20)6-12(10)21)24-14(25)7-11(18(24)27)16(26)15-13(22)4-5-23-17(15)19/h2-6,8,11,16,26H,7H2,1H3,(H2,22,23)/t8-,11?,16?/m0/s1. The Bertz CT molecular complexity index is 904. The summed E-state index contributed by atoms with van der Waals surface area (Å²) in [5, 5.41) is 10.5. The summed E-state index contributed by atoms with van der Waals surface area (Å²) in [4.78, 5) is 29.9. The number of amides is 2. The molecule has 1 aliphatic rings. The van der Waals surface area contributed by atoms with E-state index in [9.17, 15) is 23.5 Å². The molecule has 1 saturated heterocycles. The van der Waals surface area contributed by atoms with Crippen LogP contribution in [-0.2, 0) is 9.59 Å². The van der Waals surface area contributed by atoms with Crippen molar-refractivity contribution >= 4 is 29.1 Å². The summed E-state index contributed by atoms with van der Waals surface area (Å²) in [5.74, 6) is -4.04. The number of hydrogen-bond acceptors (Lipinski definition) is 5. The van der Waals surface area contributed by atoms with Gasteiger partial charge in [-0.3, -0.25) is 14.5 Å². The Balaban J connectivity index is 1.91. The molecule has 1 fully saturated rings. The molecule has 3 atom stereocenters. The molecule has 1 aromatic heterocycles. The highest BCUT2D eigenvalue weighted by atomic mass is 35.5. The van der Waals surface area contributed by atoms with Crippen LogP contribution in [0, 0.1) is 17.6 Å². The Morgan fingerprint density at radius 3 is 2.67 bits per heavy atom. The van der Waals surface area contributed by atoms with Gasteiger partial charge in [0.15, 0.2) is 0 Å². The van der Waals surface area contributed by atoms with Gasteiger partial charge in [-0.25, -0.2) is 13.8 Å². The van der Waals surface area contributed by atoms with Crippen LogP contribution < -0.4 is 5.73 Å². The highest BCUT2D eigenvalue weighted by Gasteiger charge is 2.46. The number of nitrogen functional groups attached to an aromatic ring is 1. The van der Waals surface area contributed by atoms with Crippen molar-refractivity contribution in [3.8, 4) is 0 Å². The van der Waals surface area contributed by atoms with E-state index >= 15 is 0 Å². The van der Waals surface area contributed by atoms with Crippen molar-refractivity contribution in [3.63, 3.8) is 0 Å². The lowest BCUT2D eigenvalue weighted by molar-refractivity contribution is -0.143. The molecule has 3 rings (SSSR count). The third-order valence-corrected chi connectivity index (χ3v) is 4.97. The monoisotopic (exact) mass is 395 g/mol. The lowest BCUT2D eigenvalue weighted by Crippen LogP contribution is -2.35. The number of carbonyl (C=O) groups is 2. The summed E-state index contributed by atoms with van der Waals surface area (Å²) in [5.41, 5.74) is 6.00. The van der Waals surface area contributed by atoms with Crippen molar-refractivity contribution in [3.05, 3.63) is 58.4 Å². The first-order valence-corrected chi connectivity index (χ1v) is 8.49. The summed E-state index contributed by atoms with van der Waals surface area (Å²) in [6.07, 6.45) is -0.392. The van der Waals surface area contributed by atoms with Gasteiger partial charge in [-0.05, 0) is 19.1 Å². The van der Waals surface area contributed by atoms with Gasteiger partial charge in [0.05, 0.1) is 18.1 Å². The molecule has 2 heterocycles. The van der Waals surface area contributed by atoms with Crippen LogP contribution in [0.4, 0.5) is 14.5 Å². The number of benzene rings is 1. The second-order valence-electron chi connectivity index (χ2n) is 6.30. The number of hydrogen-bond donors (Lipinski definition) is 2. The Kier molecular flexibility index (Phi) is 5.12. The van der Waals surface area contributed by atoms with Gasteiger partial charge in [-0.2, -0.15) is 0 Å². The quantitative estimate of drug-likeness (QED) is 0.613. The average molecular weight is 396 g/mol. The molecule has 0 bridgehead atoms. The van der Waals surface area contributed by atoms with Crippen molar-refractivity contribution in [1.29, 1.82) is 0 Å². The van der Waals surface area contributed by atoms with Crippen LogP contribution in [-0.4, -0.2) is 26.8 Å². The van der Waals surface area contributed by atoms with Crippen molar-refractivity contribution in [1.82, 2.24) is 9.88 Å². The van der Waals surface area contributed by atoms with Gasteiger partial charge in [0.25, 0.3) is 0 Å². The summed E-state index contributed by atoms with van der Waals surface area (Å²) in [6.45, 7) is 1.45. The lowest BCUT2D eigenvalue weighted by Gasteiger charge is -2.25. The molecule has 2 amide bonds. The number of likely N-dealkylation sites (tertiary alicyclic amines) is 1. The fourth-order valence-corrected chi connectivity index (χ4v) is 3.54. The summed E-state index contributed by atoms with van der Waals surface area (Å²) in [6, 6.07) is 3.35. The number of aliphatic hydroxyl groups is 1. The number of imide groups is 1. The number of aromatic nitrogens is 1. The second-order valence-corrected chi connectivity index (χ2v) is 6.66. The molecule has 0 aliphatic carbocycles. The Labute approximate surface area is 158 Å². The van der Waals surface area contributed by atoms with Gasteiger partial charge >= 0.3 is 0 Å². The molecule has 6 nitrogen and oxygen atoms in total. The third kappa shape index (κ3) is 3.38. The fraction of sp³-hybridized carbons (Fsp3) is 0.278. The SMILES string of the molecule is C[C@@H](c1ccc(F)cc1F)N1C(=O)CC(C(O)c2c(N)ccnc2Cl)C1=O. The van der Waals surface area contributed by atoms with Gasteiger partial charge in [0.2, 0.25) is 11.8 Å². The zero-order chi connectivity index (χ0) is 19.9. The number of carbonyl (C=O) groups excluding carboxylic acids is 2. The van der Waals surface area contributed by atoms with Gasteiger partial charge in [0.1, 0.15) is 16.8 Å². The van der Waals surface area contributed by atoms with Crippen molar-refractivity contribution in [2.45, 2.75) is 25.5 Å². The summed E-state index contributed by atoms with van der Waals surface area (Å²) >= 11 is 5.97. The molecule has 3 N–H and O–H groups in total. The minimum absolute atomic E-state index is 0.00726. The molecule has 9 heteroatoms. The molecule has 1 aromatic carbocycles. The van der Waals surface area contributed by atoms with Crippen LogP contribution in [0.25, 0.3) is 0 Å². The number of halogens is 3. The summed E-state index contributed by atoms with van der Waals surface area (Å²) in [7, 11) is 0. The topological polar surface area (TPSA) is 96.5 Å². The maximum atomic E-state index is 14.1. The summed E-state index contributed by atoms with van der Waals surface area (Å²) < 4.78 is 27.2. The number of nitrogens with zero attached hydrogens (tertiary/aromatic N) is 2. The van der Waals surface area contributed by atoms with E-state index in [-0.39, 0.29) is 28.4 Å². The number of aliphatic hydroxyl groups excluding tert-OH is 1. The van der Waals surface area contributed by atoms with Crippen LogP contribution in [0.5, 0.6) is 0 Å². The smallest absolute Gasteiger partial charge is 0.236 e. The molecule has 142 valence electrons. The molecule has 0 radical (unpaired) electrons. The minimum Gasteiger partial charge on any atom is -0.398 e. The molecule has 0 saturated carbocycles. The lowest BCUT2D eigenvalue weighted by atomic mass is 9.94. The van der Waals surface area contributed by atoms with Gasteiger partial charge < -0.3 is 10.8 Å². The van der Waals surface area contributed by atoms with Crippen LogP contribution in [0.3, 0.4) is 0 Å². The zero-order valence-electron chi connectivity index (χ0n) is 14.2. The van der Waals surface area contributed by atoms with E-state index < -0.39 is 41.5 Å². The van der Waals surface area contributed by atoms with Crippen LogP contribution in [0.2, 0.25) is 5.15 Å². The third-order valence-electron chi connectivity index (χ3n) is 4.67. The number of rotatable bonds is 4. The molecule has 0 spiro atoms. The highest BCUT2D eigenvalue weighted by molar-refractivity contribution is 6.30. The van der Waals surface area contributed by atoms with E-state index in [1.807, 2.05) is 0 Å². The normalized spacial score (nSPS) is 19.4. The molecular formula is C18H16ClF2N3O3. The van der Waals surface area contributed by atoms with Gasteiger partial charge in [0, 0.05) is 35.5 Å². The number of nitrogens with two attached hydrogens (primary N) is 1. The zero-order valence-corrected chi connectivity index (χ0v) is 15.0. The van der Waals surface area contributed by atoms with Crippen molar-refractivity contribution in [2.75, 3.05) is 5.73 Å². The first-order chi connectivity index (χ1) is 12.7. The fourth-order valence-electron chi connectivity index (χ4n) is 3.26. The molecule has 2 unspecified atom stereocenters. The molecule has 27 heavy (non-hydrogen) atoms. The predicted molar refractivity (Wildman–Crippen MR) is 93.4 cm³/mol. The van der Waals surface area contributed by atoms with Gasteiger partial charge in [-0.1, -0.05) is 17.7 Å². The van der Waals surface area contributed by atoms with Crippen LogP contribution >= 0.6 is 11.6 Å². The number of anilines is 1. The molecule has 1 aliphatic heterocycles. The van der Waals surface area contributed by atoms with Crippen LogP contribution in [0.15, 0.2) is 30.5 Å². The minimum atomic E-state index is -1.45. The largest absolute Gasteiger partial charge is 0.398 e. The van der Waals surface area contributed by atoms with Crippen LogP contribution in [0.1, 0.15) is 36.6 Å². The van der Waals surface area contributed by atoms with Crippen molar-refractivity contribution < 1.29 is 23.5 Å². The van der Waals surface area contributed by atoms with Gasteiger partial charge in [-0.15, -0.1) is 0 Å². The first kappa shape index (κ1) is 19.2. The van der Waals surface area contributed by atoms with Crippen molar-refractivity contribution in [2.24, 2.45) is 5.92 Å². The molecular weight excluding hydrogens is 380 g/mol. The maximum Gasteiger partial charge on any atom is 0.236 e. The Hall–Kier alpha value is -2.58. The predicted octanol–water partition coefficient (Wildman–Crippen LogP) is 2.77. The van der Waals surface area contributed by atoms with E-state index in [0.717, 1.165) is 11.0 Å². The average Bonchev–Trinajstić information content (AvgIpc) is 2.88. The second kappa shape index (κ2) is 7.21. The van der Waals surface area contributed by atoms with E-state index in [0.29, 0.717) is 6.07 Å². The first-order valence-electron chi connectivity index (χ1n) is 8.11. The highest BCUT2D eigenvalue weighted by Crippen LogP contribution is 2.40. The Morgan fingerprint density at radius 1 is 1.33 bits per heavy atom. The van der Waals surface area contributed by atoms with E-state index in [2.05, 4.69) is 4.98 Å². The van der Waals surface area contributed by atoms with E-state index in [1.54, 1.807) is 0 Å². The van der Waals surface area contributed by atoms with E-state index in [1.165, 1.54) is 25.3 Å². The Morgan fingerprint density at radius 2 is 2.04 bits per heavy atom.